The van der Waals surface area contributed by atoms with E-state index in [-0.39, 0.29) is 23.2 Å². The lowest BCUT2D eigenvalue weighted by molar-refractivity contribution is -0.124. The van der Waals surface area contributed by atoms with Gasteiger partial charge in [0.2, 0.25) is 5.91 Å². The number of hydrazone groups is 1. The molecule has 1 aromatic rings. The Labute approximate surface area is 123 Å². The molecule has 1 atom stereocenters. The fourth-order valence-electron chi connectivity index (χ4n) is 2.22. The van der Waals surface area contributed by atoms with Crippen molar-refractivity contribution in [3.63, 3.8) is 0 Å². The van der Waals surface area contributed by atoms with Gasteiger partial charge in [0.1, 0.15) is 5.75 Å². The maximum atomic E-state index is 11.9. The van der Waals surface area contributed by atoms with E-state index in [0.29, 0.717) is 18.6 Å². The molecular formula is C14H18N2O4S. The van der Waals surface area contributed by atoms with Gasteiger partial charge in [0.25, 0.3) is 0 Å². The standard InChI is InChI=1S/C14H18N2O4S/c1-2-13(10-3-5-12(17)6-4-10)15-16-14(18)11-7-8-21(19,20)9-11/h3-6,11,17H,2,7-9H2,1H3,(H,16,18)/b15-13+/t11-/m0/s1. The summed E-state index contributed by atoms with van der Waals surface area (Å²) in [7, 11) is -3.08. The molecule has 0 spiro atoms. The summed E-state index contributed by atoms with van der Waals surface area (Å²) in [5.74, 6) is -0.755. The van der Waals surface area contributed by atoms with Crippen molar-refractivity contribution in [3.05, 3.63) is 29.8 Å². The molecule has 6 nitrogen and oxygen atoms in total. The highest BCUT2D eigenvalue weighted by atomic mass is 32.2. The highest BCUT2D eigenvalue weighted by Gasteiger charge is 2.32. The Balaban J connectivity index is 2.04. The smallest absolute Gasteiger partial charge is 0.244 e. The van der Waals surface area contributed by atoms with Crippen molar-refractivity contribution in [2.45, 2.75) is 19.8 Å². The minimum atomic E-state index is -3.08. The van der Waals surface area contributed by atoms with Crippen LogP contribution in [0.15, 0.2) is 29.4 Å². The Kier molecular flexibility index (Phi) is 4.62. The van der Waals surface area contributed by atoms with E-state index >= 15 is 0 Å². The molecule has 1 aromatic carbocycles. The first-order chi connectivity index (χ1) is 9.91. The lowest BCUT2D eigenvalue weighted by Gasteiger charge is -2.08. The fraction of sp³-hybridized carbons (Fsp3) is 0.429. The van der Waals surface area contributed by atoms with Gasteiger partial charge in [0.05, 0.1) is 23.1 Å². The topological polar surface area (TPSA) is 95.8 Å². The quantitative estimate of drug-likeness (QED) is 0.642. The number of phenolic OH excluding ortho intramolecular Hbond substituents is 1. The first kappa shape index (κ1) is 15.5. The number of benzene rings is 1. The van der Waals surface area contributed by atoms with Gasteiger partial charge in [-0.1, -0.05) is 6.92 Å². The minimum absolute atomic E-state index is 0.0629. The molecule has 2 N–H and O–H groups in total. The number of hydrogen-bond donors (Lipinski definition) is 2. The van der Waals surface area contributed by atoms with Crippen LogP contribution in [0.2, 0.25) is 0 Å². The fourth-order valence-corrected chi connectivity index (χ4v) is 3.96. The second-order valence-electron chi connectivity index (χ2n) is 5.03. The van der Waals surface area contributed by atoms with Crippen molar-refractivity contribution < 1.29 is 18.3 Å². The van der Waals surface area contributed by atoms with Crippen LogP contribution in [-0.2, 0) is 14.6 Å². The molecule has 2 rings (SSSR count). The van der Waals surface area contributed by atoms with Gasteiger partial charge in [-0.2, -0.15) is 5.10 Å². The van der Waals surface area contributed by atoms with Crippen molar-refractivity contribution in [1.82, 2.24) is 5.43 Å². The van der Waals surface area contributed by atoms with E-state index < -0.39 is 15.8 Å². The molecule has 0 aromatic heterocycles. The predicted molar refractivity (Wildman–Crippen MR) is 79.8 cm³/mol. The van der Waals surface area contributed by atoms with Gasteiger partial charge in [0, 0.05) is 0 Å². The number of nitrogens with zero attached hydrogens (tertiary/aromatic N) is 1. The second kappa shape index (κ2) is 6.26. The van der Waals surface area contributed by atoms with Crippen LogP contribution < -0.4 is 5.43 Å². The molecule has 7 heteroatoms. The third kappa shape index (κ3) is 4.04. The summed E-state index contributed by atoms with van der Waals surface area (Å²) in [6, 6.07) is 6.52. The van der Waals surface area contributed by atoms with E-state index in [1.54, 1.807) is 24.3 Å². The van der Waals surface area contributed by atoms with E-state index in [1.165, 1.54) is 0 Å². The zero-order valence-electron chi connectivity index (χ0n) is 11.7. The second-order valence-corrected chi connectivity index (χ2v) is 7.26. The summed E-state index contributed by atoms with van der Waals surface area (Å²) in [5, 5.41) is 13.3. The van der Waals surface area contributed by atoms with Crippen molar-refractivity contribution in [2.24, 2.45) is 11.0 Å². The summed E-state index contributed by atoms with van der Waals surface area (Å²) in [4.78, 5) is 11.9. The summed E-state index contributed by atoms with van der Waals surface area (Å²) in [5.41, 5.74) is 3.92. The molecule has 1 amide bonds. The Morgan fingerprint density at radius 2 is 2.05 bits per heavy atom. The first-order valence-corrected chi connectivity index (χ1v) is 8.59. The van der Waals surface area contributed by atoms with Crippen LogP contribution in [0.25, 0.3) is 0 Å². The zero-order chi connectivity index (χ0) is 15.5. The molecule has 1 aliphatic heterocycles. The van der Waals surface area contributed by atoms with Gasteiger partial charge in [-0.3, -0.25) is 4.79 Å². The van der Waals surface area contributed by atoms with E-state index in [1.807, 2.05) is 6.92 Å². The van der Waals surface area contributed by atoms with E-state index in [9.17, 15) is 18.3 Å². The minimum Gasteiger partial charge on any atom is -0.508 e. The number of carbonyl (C=O) groups excluding carboxylic acids is 1. The molecule has 0 unspecified atom stereocenters. The SMILES string of the molecule is CC/C(=N\NC(=O)[C@H]1CCS(=O)(=O)C1)c1ccc(O)cc1. The Morgan fingerprint density at radius 3 is 2.57 bits per heavy atom. The van der Waals surface area contributed by atoms with E-state index in [4.69, 9.17) is 0 Å². The van der Waals surface area contributed by atoms with Crippen LogP contribution in [0.1, 0.15) is 25.3 Å². The number of aromatic hydroxyl groups is 1. The highest BCUT2D eigenvalue weighted by Crippen LogP contribution is 2.18. The summed E-state index contributed by atoms with van der Waals surface area (Å²) >= 11 is 0. The maximum Gasteiger partial charge on any atom is 0.244 e. The monoisotopic (exact) mass is 310 g/mol. The van der Waals surface area contributed by atoms with Gasteiger partial charge >= 0.3 is 0 Å². The lowest BCUT2D eigenvalue weighted by Crippen LogP contribution is -2.28. The molecule has 0 aliphatic carbocycles. The van der Waals surface area contributed by atoms with Crippen molar-refractivity contribution in [3.8, 4) is 5.75 Å². The number of sulfone groups is 1. The van der Waals surface area contributed by atoms with Crippen molar-refractivity contribution in [2.75, 3.05) is 11.5 Å². The molecule has 1 heterocycles. The van der Waals surface area contributed by atoms with Crippen LogP contribution in [0, 0.1) is 5.92 Å². The van der Waals surface area contributed by atoms with Gasteiger partial charge in [0.15, 0.2) is 9.84 Å². The Hall–Kier alpha value is -1.89. The van der Waals surface area contributed by atoms with E-state index in [2.05, 4.69) is 10.5 Å². The lowest BCUT2D eigenvalue weighted by atomic mass is 10.1. The van der Waals surface area contributed by atoms with Gasteiger partial charge in [-0.25, -0.2) is 13.8 Å². The summed E-state index contributed by atoms with van der Waals surface area (Å²) < 4.78 is 22.7. The third-order valence-electron chi connectivity index (χ3n) is 3.44. The van der Waals surface area contributed by atoms with Crippen LogP contribution in [0.4, 0.5) is 0 Å². The molecule has 0 bridgehead atoms. The Morgan fingerprint density at radius 1 is 1.38 bits per heavy atom. The number of hydrogen-bond acceptors (Lipinski definition) is 5. The molecule has 0 radical (unpaired) electrons. The number of nitrogens with one attached hydrogen (secondary N) is 1. The number of amides is 1. The molecule has 21 heavy (non-hydrogen) atoms. The molecular weight excluding hydrogens is 292 g/mol. The van der Waals surface area contributed by atoms with Gasteiger partial charge < -0.3 is 5.11 Å². The molecule has 0 saturated carbocycles. The molecule has 1 saturated heterocycles. The normalized spacial score (nSPS) is 21.2. The number of phenols is 1. The molecule has 1 aliphatic rings. The van der Waals surface area contributed by atoms with Crippen molar-refractivity contribution >= 4 is 21.5 Å². The number of rotatable bonds is 4. The Bertz CT molecular complexity index is 650. The van der Waals surface area contributed by atoms with E-state index in [0.717, 1.165) is 5.56 Å². The highest BCUT2D eigenvalue weighted by molar-refractivity contribution is 7.91. The summed E-state index contributed by atoms with van der Waals surface area (Å²) in [6.45, 7) is 1.90. The van der Waals surface area contributed by atoms with Gasteiger partial charge in [-0.15, -0.1) is 0 Å². The largest absolute Gasteiger partial charge is 0.508 e. The van der Waals surface area contributed by atoms with Crippen LogP contribution in [0.3, 0.4) is 0 Å². The van der Waals surface area contributed by atoms with Crippen LogP contribution in [0.5, 0.6) is 5.75 Å². The average molecular weight is 310 g/mol. The molecule has 1 fully saturated rings. The van der Waals surface area contributed by atoms with Crippen molar-refractivity contribution in [1.29, 1.82) is 0 Å². The summed E-state index contributed by atoms with van der Waals surface area (Å²) in [6.07, 6.45) is 0.957. The predicted octanol–water partition coefficient (Wildman–Crippen LogP) is 1.06. The molecule has 114 valence electrons. The van der Waals surface area contributed by atoms with Crippen LogP contribution in [-0.4, -0.2) is 36.6 Å². The van der Waals surface area contributed by atoms with Crippen LogP contribution >= 0.6 is 0 Å². The first-order valence-electron chi connectivity index (χ1n) is 6.77. The number of carbonyl (C=O) groups is 1. The van der Waals surface area contributed by atoms with Gasteiger partial charge in [-0.05, 0) is 42.7 Å². The third-order valence-corrected chi connectivity index (χ3v) is 5.21. The maximum absolute atomic E-state index is 11.9. The average Bonchev–Trinajstić information content (AvgIpc) is 2.81. The zero-order valence-corrected chi connectivity index (χ0v) is 12.6.